The number of hydrogen-bond acceptors (Lipinski definition) is 2. The fraction of sp³-hybridized carbons (Fsp3) is 1.00. The third-order valence-electron chi connectivity index (χ3n) is 4.43. The van der Waals surface area contributed by atoms with Crippen LogP contribution < -0.4 is 11.1 Å². The van der Waals surface area contributed by atoms with Gasteiger partial charge in [0.25, 0.3) is 0 Å². The van der Waals surface area contributed by atoms with Crippen molar-refractivity contribution >= 4 is 0 Å². The molecule has 0 unspecified atom stereocenters. The van der Waals surface area contributed by atoms with E-state index in [4.69, 9.17) is 5.73 Å². The second-order valence-electron chi connectivity index (χ2n) is 6.67. The maximum absolute atomic E-state index is 6.22. The summed E-state index contributed by atoms with van der Waals surface area (Å²) in [5.41, 5.74) is 6.25. The molecule has 0 aromatic heterocycles. The Labute approximate surface area is 101 Å². The highest BCUT2D eigenvalue weighted by Gasteiger charge is 2.33. The maximum Gasteiger partial charge on any atom is 0.0161 e. The van der Waals surface area contributed by atoms with Gasteiger partial charge in [0, 0.05) is 18.1 Å². The lowest BCUT2D eigenvalue weighted by Crippen LogP contribution is -2.53. The molecule has 1 rings (SSSR count). The molecule has 2 heteroatoms. The Morgan fingerprint density at radius 3 is 1.94 bits per heavy atom. The SMILES string of the molecule is CC(C)(N)C(C)(C)CNC1CCCCCC1. The molecule has 1 saturated carbocycles. The van der Waals surface area contributed by atoms with E-state index in [0.29, 0.717) is 0 Å². The normalized spacial score (nSPS) is 20.8. The summed E-state index contributed by atoms with van der Waals surface area (Å²) in [4.78, 5) is 0. The van der Waals surface area contributed by atoms with E-state index in [1.807, 2.05) is 0 Å². The lowest BCUT2D eigenvalue weighted by molar-refractivity contribution is 0.185. The molecule has 0 aromatic rings. The van der Waals surface area contributed by atoms with Gasteiger partial charge in [0.1, 0.15) is 0 Å². The molecule has 96 valence electrons. The fourth-order valence-electron chi connectivity index (χ4n) is 2.11. The van der Waals surface area contributed by atoms with Gasteiger partial charge >= 0.3 is 0 Å². The molecule has 1 aliphatic rings. The van der Waals surface area contributed by atoms with Crippen LogP contribution in [0.2, 0.25) is 0 Å². The van der Waals surface area contributed by atoms with Crippen LogP contribution in [0.4, 0.5) is 0 Å². The molecule has 1 fully saturated rings. The number of nitrogens with two attached hydrogens (primary N) is 1. The van der Waals surface area contributed by atoms with Gasteiger partial charge in [-0.2, -0.15) is 0 Å². The number of hydrogen-bond donors (Lipinski definition) is 2. The minimum atomic E-state index is -0.120. The zero-order valence-corrected chi connectivity index (χ0v) is 11.6. The number of rotatable bonds is 4. The van der Waals surface area contributed by atoms with Gasteiger partial charge in [0.15, 0.2) is 0 Å². The monoisotopic (exact) mass is 226 g/mol. The van der Waals surface area contributed by atoms with Crippen molar-refractivity contribution in [2.24, 2.45) is 11.1 Å². The Hall–Kier alpha value is -0.0800. The van der Waals surface area contributed by atoms with Crippen LogP contribution in [-0.2, 0) is 0 Å². The minimum Gasteiger partial charge on any atom is -0.325 e. The van der Waals surface area contributed by atoms with Crippen molar-refractivity contribution in [2.45, 2.75) is 77.8 Å². The zero-order valence-electron chi connectivity index (χ0n) is 11.6. The first-order valence-electron chi connectivity index (χ1n) is 6.85. The van der Waals surface area contributed by atoms with E-state index >= 15 is 0 Å². The molecule has 0 saturated heterocycles. The highest BCUT2D eigenvalue weighted by Crippen LogP contribution is 2.28. The standard InChI is InChI=1S/C14H30N2/c1-13(2,14(3,4)15)11-16-12-9-7-5-6-8-10-12/h12,16H,5-11,15H2,1-4H3. The summed E-state index contributed by atoms with van der Waals surface area (Å²) in [6, 6.07) is 0.726. The van der Waals surface area contributed by atoms with Gasteiger partial charge in [-0.25, -0.2) is 0 Å². The molecule has 1 aliphatic carbocycles. The topological polar surface area (TPSA) is 38.0 Å². The summed E-state index contributed by atoms with van der Waals surface area (Å²) in [6.07, 6.45) is 8.32. The average Bonchev–Trinajstić information content (AvgIpc) is 2.41. The molecular weight excluding hydrogens is 196 g/mol. The van der Waals surface area contributed by atoms with Crippen LogP contribution in [0.3, 0.4) is 0 Å². The Morgan fingerprint density at radius 2 is 1.50 bits per heavy atom. The van der Waals surface area contributed by atoms with Crippen molar-refractivity contribution in [1.82, 2.24) is 5.32 Å². The van der Waals surface area contributed by atoms with Gasteiger partial charge in [0.2, 0.25) is 0 Å². The second-order valence-corrected chi connectivity index (χ2v) is 6.67. The van der Waals surface area contributed by atoms with E-state index in [1.165, 1.54) is 38.5 Å². The van der Waals surface area contributed by atoms with E-state index < -0.39 is 0 Å². The fourth-order valence-corrected chi connectivity index (χ4v) is 2.11. The second kappa shape index (κ2) is 5.50. The van der Waals surface area contributed by atoms with Crippen molar-refractivity contribution in [3.63, 3.8) is 0 Å². The van der Waals surface area contributed by atoms with Gasteiger partial charge in [0.05, 0.1) is 0 Å². The molecule has 0 atom stereocenters. The quantitative estimate of drug-likeness (QED) is 0.723. The summed E-state index contributed by atoms with van der Waals surface area (Å²) in [5, 5.41) is 3.73. The van der Waals surface area contributed by atoms with Crippen LogP contribution in [0.15, 0.2) is 0 Å². The van der Waals surface area contributed by atoms with Crippen LogP contribution >= 0.6 is 0 Å². The molecule has 0 aromatic carbocycles. The van der Waals surface area contributed by atoms with E-state index in [0.717, 1.165) is 12.6 Å². The van der Waals surface area contributed by atoms with Crippen molar-refractivity contribution < 1.29 is 0 Å². The van der Waals surface area contributed by atoms with E-state index in [1.54, 1.807) is 0 Å². The summed E-state index contributed by atoms with van der Waals surface area (Å²) >= 11 is 0. The van der Waals surface area contributed by atoms with Crippen LogP contribution in [0.25, 0.3) is 0 Å². The molecule has 16 heavy (non-hydrogen) atoms. The molecular formula is C14H30N2. The first kappa shape index (κ1) is 14.0. The molecule has 0 heterocycles. The van der Waals surface area contributed by atoms with Gasteiger partial charge in [-0.3, -0.25) is 0 Å². The largest absolute Gasteiger partial charge is 0.325 e. The average molecular weight is 226 g/mol. The maximum atomic E-state index is 6.22. The van der Waals surface area contributed by atoms with Gasteiger partial charge < -0.3 is 11.1 Å². The van der Waals surface area contributed by atoms with Gasteiger partial charge in [-0.15, -0.1) is 0 Å². The van der Waals surface area contributed by atoms with Crippen LogP contribution in [0.5, 0.6) is 0 Å². The highest BCUT2D eigenvalue weighted by molar-refractivity contribution is 4.92. The van der Waals surface area contributed by atoms with Crippen LogP contribution in [0, 0.1) is 5.41 Å². The highest BCUT2D eigenvalue weighted by atomic mass is 14.9. The molecule has 3 N–H and O–H groups in total. The molecule has 0 amide bonds. The van der Waals surface area contributed by atoms with Gasteiger partial charge in [-0.1, -0.05) is 39.5 Å². The van der Waals surface area contributed by atoms with E-state index in [2.05, 4.69) is 33.0 Å². The molecule has 0 radical (unpaired) electrons. The minimum absolute atomic E-state index is 0.120. The molecule has 2 nitrogen and oxygen atoms in total. The Morgan fingerprint density at radius 1 is 1.00 bits per heavy atom. The lowest BCUT2D eigenvalue weighted by atomic mass is 9.75. The van der Waals surface area contributed by atoms with Crippen molar-refractivity contribution in [1.29, 1.82) is 0 Å². The third kappa shape index (κ3) is 4.06. The third-order valence-corrected chi connectivity index (χ3v) is 4.43. The first-order chi connectivity index (χ1) is 7.33. The van der Waals surface area contributed by atoms with E-state index in [-0.39, 0.29) is 11.0 Å². The summed E-state index contributed by atoms with van der Waals surface area (Å²) in [6.45, 7) is 9.80. The molecule has 0 bridgehead atoms. The van der Waals surface area contributed by atoms with Crippen molar-refractivity contribution in [2.75, 3.05) is 6.54 Å². The Kier molecular flexibility index (Phi) is 4.81. The molecule has 0 aliphatic heterocycles. The smallest absolute Gasteiger partial charge is 0.0161 e. The summed E-state index contributed by atoms with van der Waals surface area (Å²) in [7, 11) is 0. The predicted octanol–water partition coefficient (Wildman–Crippen LogP) is 3.06. The van der Waals surface area contributed by atoms with Crippen LogP contribution in [0.1, 0.15) is 66.2 Å². The van der Waals surface area contributed by atoms with E-state index in [9.17, 15) is 0 Å². The zero-order chi connectivity index (χ0) is 12.2. The first-order valence-corrected chi connectivity index (χ1v) is 6.85. The van der Waals surface area contributed by atoms with Crippen molar-refractivity contribution in [3.8, 4) is 0 Å². The predicted molar refractivity (Wildman–Crippen MR) is 71.5 cm³/mol. The van der Waals surface area contributed by atoms with Crippen LogP contribution in [-0.4, -0.2) is 18.1 Å². The molecule has 0 spiro atoms. The summed E-state index contributed by atoms with van der Waals surface area (Å²) < 4.78 is 0. The van der Waals surface area contributed by atoms with Crippen molar-refractivity contribution in [3.05, 3.63) is 0 Å². The summed E-state index contributed by atoms with van der Waals surface area (Å²) in [5.74, 6) is 0. The number of nitrogens with one attached hydrogen (secondary N) is 1. The lowest BCUT2D eigenvalue weighted by Gasteiger charge is -2.39. The Balaban J connectivity index is 2.37. The van der Waals surface area contributed by atoms with Gasteiger partial charge in [-0.05, 0) is 32.1 Å². The Bertz CT molecular complexity index is 195.